The van der Waals surface area contributed by atoms with E-state index in [0.717, 1.165) is 11.4 Å². The van der Waals surface area contributed by atoms with Crippen molar-refractivity contribution in [3.8, 4) is 0 Å². The molecule has 1 aliphatic rings. The number of hydrogen-bond donors (Lipinski definition) is 2. The molecule has 2 aromatic rings. The van der Waals surface area contributed by atoms with E-state index in [1.807, 2.05) is 37.3 Å². The molecular formula is C15H17N5O2S. The molecule has 1 aromatic heterocycles. The van der Waals surface area contributed by atoms with Crippen molar-refractivity contribution in [3.63, 3.8) is 0 Å². The quantitative estimate of drug-likeness (QED) is 0.904. The molecule has 0 radical (unpaired) electrons. The number of carbonyl (C=O) groups excluding carboxylic acids is 2. The summed E-state index contributed by atoms with van der Waals surface area (Å²) in [6.07, 6.45) is 1.45. The lowest BCUT2D eigenvalue weighted by Gasteiger charge is -2.23. The molecule has 0 saturated carbocycles. The highest BCUT2D eigenvalue weighted by Gasteiger charge is 2.34. The number of amides is 3. The van der Waals surface area contributed by atoms with Crippen molar-refractivity contribution in [1.29, 1.82) is 0 Å². The second kappa shape index (κ2) is 6.74. The molecular weight excluding hydrogens is 314 g/mol. The summed E-state index contributed by atoms with van der Waals surface area (Å²) < 4.78 is 0. The average Bonchev–Trinajstić information content (AvgIpc) is 3.17. The molecule has 3 amide bonds. The Labute approximate surface area is 137 Å². The van der Waals surface area contributed by atoms with Crippen molar-refractivity contribution < 1.29 is 9.59 Å². The largest absolute Gasteiger partial charge is 0.322 e. The van der Waals surface area contributed by atoms with Crippen LogP contribution in [0.3, 0.4) is 0 Å². The molecule has 1 fully saturated rings. The van der Waals surface area contributed by atoms with E-state index in [9.17, 15) is 9.59 Å². The standard InChI is InChI=1S/C15H17N5O2S/c1-10-18-19-14(23-10)17-13(21)12-8-5-9-20(12)15(22)16-11-6-3-2-4-7-11/h2-4,6-7,12H,5,8-9H2,1H3,(H,16,22)(H,17,19,21). The highest BCUT2D eigenvalue weighted by Crippen LogP contribution is 2.21. The third-order valence-corrected chi connectivity index (χ3v) is 4.35. The number of para-hydroxylation sites is 1. The lowest BCUT2D eigenvalue weighted by atomic mass is 10.2. The monoisotopic (exact) mass is 331 g/mol. The summed E-state index contributed by atoms with van der Waals surface area (Å²) in [6, 6.07) is 8.46. The van der Waals surface area contributed by atoms with Gasteiger partial charge in [0, 0.05) is 12.2 Å². The van der Waals surface area contributed by atoms with E-state index in [1.165, 1.54) is 11.3 Å². The number of aromatic nitrogens is 2. The summed E-state index contributed by atoms with van der Waals surface area (Å²) in [6.45, 7) is 2.38. The van der Waals surface area contributed by atoms with E-state index >= 15 is 0 Å². The van der Waals surface area contributed by atoms with Crippen LogP contribution < -0.4 is 10.6 Å². The third kappa shape index (κ3) is 3.65. The summed E-state index contributed by atoms with van der Waals surface area (Å²) in [5, 5.41) is 14.5. The highest BCUT2D eigenvalue weighted by molar-refractivity contribution is 7.15. The van der Waals surface area contributed by atoms with E-state index in [4.69, 9.17) is 0 Å². The number of urea groups is 1. The summed E-state index contributed by atoms with van der Waals surface area (Å²) in [5.74, 6) is -0.220. The molecule has 23 heavy (non-hydrogen) atoms. The van der Waals surface area contributed by atoms with Crippen LogP contribution in [0.1, 0.15) is 17.8 Å². The van der Waals surface area contributed by atoms with Gasteiger partial charge in [0.15, 0.2) is 0 Å². The number of benzene rings is 1. The van der Waals surface area contributed by atoms with Gasteiger partial charge in [-0.2, -0.15) is 0 Å². The first-order valence-corrected chi connectivity index (χ1v) is 8.19. The molecule has 2 N–H and O–H groups in total. The zero-order valence-corrected chi connectivity index (χ0v) is 13.5. The zero-order chi connectivity index (χ0) is 16.2. The molecule has 2 heterocycles. The number of rotatable bonds is 3. The van der Waals surface area contributed by atoms with Gasteiger partial charge in [-0.1, -0.05) is 29.5 Å². The number of nitrogens with one attached hydrogen (secondary N) is 2. The van der Waals surface area contributed by atoms with Crippen molar-refractivity contribution in [2.24, 2.45) is 0 Å². The lowest BCUT2D eigenvalue weighted by Crippen LogP contribution is -2.45. The number of likely N-dealkylation sites (tertiary alicyclic amines) is 1. The van der Waals surface area contributed by atoms with Gasteiger partial charge in [0.1, 0.15) is 11.0 Å². The second-order valence-corrected chi connectivity index (χ2v) is 6.44. The number of aryl methyl sites for hydroxylation is 1. The SMILES string of the molecule is Cc1nnc(NC(=O)C2CCCN2C(=O)Nc2ccccc2)s1. The molecule has 0 aliphatic carbocycles. The minimum atomic E-state index is -0.483. The molecule has 120 valence electrons. The molecule has 7 nitrogen and oxygen atoms in total. The van der Waals surface area contributed by atoms with Gasteiger partial charge in [0.2, 0.25) is 11.0 Å². The number of anilines is 2. The van der Waals surface area contributed by atoms with Gasteiger partial charge in [0.05, 0.1) is 0 Å². The predicted molar refractivity (Wildman–Crippen MR) is 88.5 cm³/mol. The van der Waals surface area contributed by atoms with Crippen LogP contribution in [0.15, 0.2) is 30.3 Å². The lowest BCUT2D eigenvalue weighted by molar-refractivity contribution is -0.119. The van der Waals surface area contributed by atoms with E-state index in [1.54, 1.807) is 4.90 Å². The van der Waals surface area contributed by atoms with Crippen molar-refractivity contribution >= 4 is 34.1 Å². The maximum Gasteiger partial charge on any atom is 0.322 e. The van der Waals surface area contributed by atoms with Gasteiger partial charge in [-0.3, -0.25) is 10.1 Å². The Hall–Kier alpha value is -2.48. The van der Waals surface area contributed by atoms with Gasteiger partial charge >= 0.3 is 6.03 Å². The fourth-order valence-electron chi connectivity index (χ4n) is 2.53. The van der Waals surface area contributed by atoms with Crippen LogP contribution in [0.25, 0.3) is 0 Å². The smallest absolute Gasteiger partial charge is 0.312 e. The van der Waals surface area contributed by atoms with Gasteiger partial charge in [-0.05, 0) is 31.9 Å². The summed E-state index contributed by atoms with van der Waals surface area (Å²) >= 11 is 1.31. The van der Waals surface area contributed by atoms with Gasteiger partial charge < -0.3 is 10.2 Å². The number of nitrogens with zero attached hydrogens (tertiary/aromatic N) is 3. The minimum absolute atomic E-state index is 0.220. The molecule has 0 bridgehead atoms. The molecule has 0 spiro atoms. The molecule has 1 saturated heterocycles. The maximum absolute atomic E-state index is 12.4. The molecule has 1 aliphatic heterocycles. The third-order valence-electron chi connectivity index (χ3n) is 3.60. The van der Waals surface area contributed by atoms with Crippen LogP contribution in [-0.4, -0.2) is 39.6 Å². The Bertz CT molecular complexity index is 703. The Morgan fingerprint density at radius 2 is 2.00 bits per heavy atom. The second-order valence-electron chi connectivity index (χ2n) is 5.26. The Balaban J connectivity index is 1.64. The molecule has 3 rings (SSSR count). The minimum Gasteiger partial charge on any atom is -0.312 e. The van der Waals surface area contributed by atoms with Crippen molar-refractivity contribution in [2.75, 3.05) is 17.2 Å². The van der Waals surface area contributed by atoms with E-state index < -0.39 is 6.04 Å². The fraction of sp³-hybridized carbons (Fsp3) is 0.333. The van der Waals surface area contributed by atoms with E-state index in [0.29, 0.717) is 23.8 Å². The summed E-state index contributed by atoms with van der Waals surface area (Å²) in [4.78, 5) is 26.4. The highest BCUT2D eigenvalue weighted by atomic mass is 32.1. The van der Waals surface area contributed by atoms with Gasteiger partial charge in [-0.15, -0.1) is 10.2 Å². The average molecular weight is 331 g/mol. The number of carbonyl (C=O) groups is 2. The van der Waals surface area contributed by atoms with E-state index in [2.05, 4.69) is 20.8 Å². The molecule has 1 atom stereocenters. The zero-order valence-electron chi connectivity index (χ0n) is 12.7. The van der Waals surface area contributed by atoms with Crippen LogP contribution in [-0.2, 0) is 4.79 Å². The molecule has 1 unspecified atom stereocenters. The Kier molecular flexibility index (Phi) is 4.52. The Morgan fingerprint density at radius 1 is 1.22 bits per heavy atom. The summed E-state index contributed by atoms with van der Waals surface area (Å²) in [5.41, 5.74) is 0.711. The first-order valence-electron chi connectivity index (χ1n) is 7.37. The van der Waals surface area contributed by atoms with Crippen LogP contribution >= 0.6 is 11.3 Å². The summed E-state index contributed by atoms with van der Waals surface area (Å²) in [7, 11) is 0. The fourth-order valence-corrected chi connectivity index (χ4v) is 3.13. The van der Waals surface area contributed by atoms with Gasteiger partial charge in [-0.25, -0.2) is 4.79 Å². The van der Waals surface area contributed by atoms with Crippen LogP contribution in [0.5, 0.6) is 0 Å². The van der Waals surface area contributed by atoms with Crippen molar-refractivity contribution in [1.82, 2.24) is 15.1 Å². The molecule has 8 heteroatoms. The van der Waals surface area contributed by atoms with Crippen LogP contribution in [0.2, 0.25) is 0 Å². The molecule has 1 aromatic carbocycles. The number of hydrogen-bond acceptors (Lipinski definition) is 5. The van der Waals surface area contributed by atoms with Crippen molar-refractivity contribution in [2.45, 2.75) is 25.8 Å². The van der Waals surface area contributed by atoms with Crippen LogP contribution in [0, 0.1) is 6.92 Å². The first-order chi connectivity index (χ1) is 11.1. The van der Waals surface area contributed by atoms with Gasteiger partial charge in [0.25, 0.3) is 0 Å². The maximum atomic E-state index is 12.4. The normalized spacial score (nSPS) is 17.1. The Morgan fingerprint density at radius 3 is 2.70 bits per heavy atom. The van der Waals surface area contributed by atoms with E-state index in [-0.39, 0.29) is 11.9 Å². The van der Waals surface area contributed by atoms with Crippen LogP contribution in [0.4, 0.5) is 15.6 Å². The topological polar surface area (TPSA) is 87.2 Å². The predicted octanol–water partition coefficient (Wildman–Crippen LogP) is 2.48. The van der Waals surface area contributed by atoms with Crippen molar-refractivity contribution in [3.05, 3.63) is 35.3 Å². The first kappa shape index (κ1) is 15.4.